The fraction of sp³-hybridized carbons (Fsp3) is 0.786. The Balaban J connectivity index is 2.51. The summed E-state index contributed by atoms with van der Waals surface area (Å²) in [4.78, 5) is 2.46. The molecule has 0 aromatic carbocycles. The molecule has 0 fully saturated rings. The van der Waals surface area contributed by atoms with Crippen LogP contribution in [0.3, 0.4) is 0 Å². The second-order valence-electron chi connectivity index (χ2n) is 5.07. The summed E-state index contributed by atoms with van der Waals surface area (Å²) in [5.74, 6) is 0. The van der Waals surface area contributed by atoms with Crippen LogP contribution in [-0.4, -0.2) is 40.4 Å². The maximum absolute atomic E-state index is 4.50. The molecule has 0 amide bonds. The lowest BCUT2D eigenvalue weighted by atomic mass is 10.3. The number of rotatable bonds is 8. The van der Waals surface area contributed by atoms with Gasteiger partial charge in [-0.2, -0.15) is 5.10 Å². The van der Waals surface area contributed by atoms with E-state index in [-0.39, 0.29) is 0 Å². The maximum atomic E-state index is 4.50. The molecule has 1 N–H and O–H groups in total. The van der Waals surface area contributed by atoms with Crippen LogP contribution < -0.4 is 5.32 Å². The maximum Gasteiger partial charge on any atom is 0.0597 e. The zero-order chi connectivity index (χ0) is 13.5. The Bertz CT molecular complexity index is 344. The molecule has 0 radical (unpaired) electrons. The first-order valence-corrected chi connectivity index (χ1v) is 7.05. The molecule has 1 heterocycles. The fourth-order valence-electron chi connectivity index (χ4n) is 2.09. The smallest absolute Gasteiger partial charge is 0.0597 e. The van der Waals surface area contributed by atoms with Crippen molar-refractivity contribution in [1.29, 1.82) is 0 Å². The Kier molecular flexibility index (Phi) is 6.36. The van der Waals surface area contributed by atoms with Crippen molar-refractivity contribution in [2.45, 2.75) is 53.8 Å². The first-order valence-electron chi connectivity index (χ1n) is 7.05. The molecule has 4 nitrogen and oxygen atoms in total. The summed E-state index contributed by atoms with van der Waals surface area (Å²) in [6.45, 7) is 15.9. The van der Waals surface area contributed by atoms with Crippen molar-refractivity contribution in [3.05, 3.63) is 17.5 Å². The standard InChI is InChI=1S/C14H28N4/c1-6-17(9-8-15-12(3)4)11-14-10-13(5)16-18(14)7-2/h10,12,15H,6-9,11H2,1-5H3. The van der Waals surface area contributed by atoms with Crippen molar-refractivity contribution in [3.8, 4) is 0 Å². The Morgan fingerprint density at radius 3 is 2.67 bits per heavy atom. The topological polar surface area (TPSA) is 33.1 Å². The van der Waals surface area contributed by atoms with E-state index in [0.717, 1.165) is 38.4 Å². The molecule has 0 saturated heterocycles. The second kappa shape index (κ2) is 7.54. The third-order valence-corrected chi connectivity index (χ3v) is 3.10. The minimum Gasteiger partial charge on any atom is -0.313 e. The highest BCUT2D eigenvalue weighted by atomic mass is 15.3. The summed E-state index contributed by atoms with van der Waals surface area (Å²) in [5.41, 5.74) is 2.43. The van der Waals surface area contributed by atoms with Gasteiger partial charge in [0.05, 0.1) is 11.4 Å². The van der Waals surface area contributed by atoms with Crippen LogP contribution >= 0.6 is 0 Å². The highest BCUT2D eigenvalue weighted by Crippen LogP contribution is 2.07. The van der Waals surface area contributed by atoms with E-state index in [1.165, 1.54) is 5.69 Å². The molecule has 18 heavy (non-hydrogen) atoms. The van der Waals surface area contributed by atoms with Gasteiger partial charge in [-0.05, 0) is 26.5 Å². The van der Waals surface area contributed by atoms with E-state index in [2.05, 4.69) is 60.7 Å². The molecule has 1 aromatic heterocycles. The predicted octanol–water partition coefficient (Wildman–Crippen LogP) is 2.03. The number of aryl methyl sites for hydroxylation is 2. The zero-order valence-corrected chi connectivity index (χ0v) is 12.5. The van der Waals surface area contributed by atoms with Gasteiger partial charge in [0.1, 0.15) is 0 Å². The summed E-state index contributed by atoms with van der Waals surface area (Å²) in [6, 6.07) is 2.76. The zero-order valence-electron chi connectivity index (χ0n) is 12.5. The Hall–Kier alpha value is -0.870. The first kappa shape index (κ1) is 15.2. The number of hydrogen-bond acceptors (Lipinski definition) is 3. The summed E-state index contributed by atoms with van der Waals surface area (Å²) in [6.07, 6.45) is 0. The molecule has 0 spiro atoms. The lowest BCUT2D eigenvalue weighted by Gasteiger charge is -2.21. The monoisotopic (exact) mass is 252 g/mol. The Labute approximate surface area is 111 Å². The number of likely N-dealkylation sites (N-methyl/N-ethyl adjacent to an activating group) is 1. The van der Waals surface area contributed by atoms with Gasteiger partial charge in [0.15, 0.2) is 0 Å². The molecular weight excluding hydrogens is 224 g/mol. The van der Waals surface area contributed by atoms with Gasteiger partial charge in [-0.15, -0.1) is 0 Å². The van der Waals surface area contributed by atoms with E-state index in [1.54, 1.807) is 0 Å². The minimum absolute atomic E-state index is 0.562. The molecule has 0 atom stereocenters. The van der Waals surface area contributed by atoms with Crippen molar-refractivity contribution in [2.24, 2.45) is 0 Å². The van der Waals surface area contributed by atoms with Gasteiger partial charge >= 0.3 is 0 Å². The molecule has 0 aliphatic heterocycles. The van der Waals surface area contributed by atoms with Crippen LogP contribution in [-0.2, 0) is 13.1 Å². The molecule has 1 rings (SSSR count). The van der Waals surface area contributed by atoms with Gasteiger partial charge in [-0.1, -0.05) is 20.8 Å². The second-order valence-corrected chi connectivity index (χ2v) is 5.07. The van der Waals surface area contributed by atoms with Gasteiger partial charge in [0, 0.05) is 32.2 Å². The van der Waals surface area contributed by atoms with Crippen molar-refractivity contribution >= 4 is 0 Å². The summed E-state index contributed by atoms with van der Waals surface area (Å²) < 4.78 is 2.11. The van der Waals surface area contributed by atoms with Gasteiger partial charge in [0.2, 0.25) is 0 Å². The molecule has 0 saturated carbocycles. The van der Waals surface area contributed by atoms with Crippen LogP contribution in [0.25, 0.3) is 0 Å². The van der Waals surface area contributed by atoms with Crippen molar-refractivity contribution in [1.82, 2.24) is 20.0 Å². The van der Waals surface area contributed by atoms with Gasteiger partial charge in [-0.25, -0.2) is 0 Å². The van der Waals surface area contributed by atoms with Crippen LogP contribution in [0.4, 0.5) is 0 Å². The van der Waals surface area contributed by atoms with Crippen LogP contribution in [0.5, 0.6) is 0 Å². The Morgan fingerprint density at radius 2 is 2.11 bits per heavy atom. The van der Waals surface area contributed by atoms with Crippen molar-refractivity contribution in [3.63, 3.8) is 0 Å². The minimum atomic E-state index is 0.562. The van der Waals surface area contributed by atoms with Crippen molar-refractivity contribution in [2.75, 3.05) is 19.6 Å². The summed E-state index contributed by atoms with van der Waals surface area (Å²) in [7, 11) is 0. The summed E-state index contributed by atoms with van der Waals surface area (Å²) >= 11 is 0. The van der Waals surface area contributed by atoms with Crippen LogP contribution in [0.15, 0.2) is 6.07 Å². The normalized spacial score (nSPS) is 11.7. The third-order valence-electron chi connectivity index (χ3n) is 3.10. The van der Waals surface area contributed by atoms with Crippen LogP contribution in [0.2, 0.25) is 0 Å². The molecule has 0 unspecified atom stereocenters. The molecular formula is C14H28N4. The Morgan fingerprint density at radius 1 is 1.39 bits per heavy atom. The van der Waals surface area contributed by atoms with Crippen molar-refractivity contribution < 1.29 is 0 Å². The van der Waals surface area contributed by atoms with Gasteiger partial charge in [0.25, 0.3) is 0 Å². The first-order chi connectivity index (χ1) is 8.56. The average Bonchev–Trinajstić information content (AvgIpc) is 2.67. The number of nitrogens with zero attached hydrogens (tertiary/aromatic N) is 3. The highest BCUT2D eigenvalue weighted by molar-refractivity contribution is 5.08. The average molecular weight is 252 g/mol. The number of hydrogen-bond donors (Lipinski definition) is 1. The lowest BCUT2D eigenvalue weighted by Crippen LogP contribution is -2.35. The lowest BCUT2D eigenvalue weighted by molar-refractivity contribution is 0.267. The number of nitrogens with one attached hydrogen (secondary N) is 1. The number of aromatic nitrogens is 2. The van der Waals surface area contributed by atoms with Crippen LogP contribution in [0.1, 0.15) is 39.1 Å². The van der Waals surface area contributed by atoms with E-state index in [4.69, 9.17) is 0 Å². The molecule has 104 valence electrons. The SMILES string of the molecule is CCN(CCNC(C)C)Cc1cc(C)nn1CC. The van der Waals surface area contributed by atoms with E-state index in [0.29, 0.717) is 6.04 Å². The molecule has 1 aromatic rings. The third kappa shape index (κ3) is 4.78. The van der Waals surface area contributed by atoms with E-state index in [1.807, 2.05) is 0 Å². The summed E-state index contributed by atoms with van der Waals surface area (Å²) in [5, 5.41) is 7.97. The van der Waals surface area contributed by atoms with Crippen LogP contribution in [0, 0.1) is 6.92 Å². The van der Waals surface area contributed by atoms with Gasteiger partial charge in [-0.3, -0.25) is 9.58 Å². The highest BCUT2D eigenvalue weighted by Gasteiger charge is 2.09. The van der Waals surface area contributed by atoms with E-state index in [9.17, 15) is 0 Å². The van der Waals surface area contributed by atoms with Gasteiger partial charge < -0.3 is 5.32 Å². The largest absolute Gasteiger partial charge is 0.313 e. The van der Waals surface area contributed by atoms with E-state index < -0.39 is 0 Å². The molecule has 4 heteroatoms. The molecule has 0 aliphatic rings. The molecule has 0 bridgehead atoms. The van der Waals surface area contributed by atoms with E-state index >= 15 is 0 Å². The molecule has 0 aliphatic carbocycles. The quantitative estimate of drug-likeness (QED) is 0.768. The fourth-order valence-corrected chi connectivity index (χ4v) is 2.09. The predicted molar refractivity (Wildman–Crippen MR) is 76.7 cm³/mol.